The first kappa shape index (κ1) is 19.6. The standard InChI is InChI=1S/C21H25F2N5O/c22-18-13-17(14-19(23)20(18)27-7-1-2-8-27)25-21(29)28-11-9-26(10-12-28)15-16-3-5-24-6-4-16/h3-6,13-14H,1-2,7-12,15H2,(H,25,29). The largest absolute Gasteiger partial charge is 0.367 e. The summed E-state index contributed by atoms with van der Waals surface area (Å²) in [6.45, 7) is 4.74. The molecule has 8 heteroatoms. The van der Waals surface area contributed by atoms with E-state index in [0.29, 0.717) is 26.2 Å². The van der Waals surface area contributed by atoms with Gasteiger partial charge in [-0.25, -0.2) is 13.6 Å². The number of halogens is 2. The Hall–Kier alpha value is -2.74. The van der Waals surface area contributed by atoms with E-state index in [-0.39, 0.29) is 17.4 Å². The molecule has 2 fully saturated rings. The number of nitrogens with one attached hydrogen (secondary N) is 1. The van der Waals surface area contributed by atoms with Crippen LogP contribution in [0.15, 0.2) is 36.7 Å². The molecule has 4 rings (SSSR count). The summed E-state index contributed by atoms with van der Waals surface area (Å²) in [5.41, 5.74) is 1.33. The molecular formula is C21H25F2N5O. The summed E-state index contributed by atoms with van der Waals surface area (Å²) in [6, 6.07) is 6.03. The summed E-state index contributed by atoms with van der Waals surface area (Å²) < 4.78 is 28.9. The van der Waals surface area contributed by atoms with Gasteiger partial charge in [-0.15, -0.1) is 0 Å². The molecule has 1 aromatic heterocycles. The zero-order valence-electron chi connectivity index (χ0n) is 16.3. The van der Waals surface area contributed by atoms with Crippen molar-refractivity contribution >= 4 is 17.4 Å². The number of pyridine rings is 1. The smallest absolute Gasteiger partial charge is 0.321 e. The van der Waals surface area contributed by atoms with Gasteiger partial charge in [0.15, 0.2) is 11.6 Å². The van der Waals surface area contributed by atoms with Crippen molar-refractivity contribution < 1.29 is 13.6 Å². The van der Waals surface area contributed by atoms with E-state index in [1.807, 2.05) is 12.1 Å². The van der Waals surface area contributed by atoms with Gasteiger partial charge in [0.05, 0.1) is 0 Å². The third kappa shape index (κ3) is 4.64. The van der Waals surface area contributed by atoms with Gasteiger partial charge in [-0.1, -0.05) is 0 Å². The maximum atomic E-state index is 14.5. The maximum absolute atomic E-state index is 14.5. The fourth-order valence-corrected chi connectivity index (χ4v) is 3.94. The molecule has 2 amide bonds. The Morgan fingerprint density at radius 1 is 0.966 bits per heavy atom. The lowest BCUT2D eigenvalue weighted by atomic mass is 10.2. The number of anilines is 2. The number of carbonyl (C=O) groups is 1. The SMILES string of the molecule is O=C(Nc1cc(F)c(N2CCCC2)c(F)c1)N1CCN(Cc2ccncc2)CC1. The van der Waals surface area contributed by atoms with E-state index in [1.165, 1.54) is 17.7 Å². The monoisotopic (exact) mass is 401 g/mol. The summed E-state index contributed by atoms with van der Waals surface area (Å²) >= 11 is 0. The highest BCUT2D eigenvalue weighted by Gasteiger charge is 2.24. The zero-order valence-corrected chi connectivity index (χ0v) is 16.3. The Labute approximate surface area is 169 Å². The Morgan fingerprint density at radius 3 is 2.21 bits per heavy atom. The van der Waals surface area contributed by atoms with Crippen LogP contribution < -0.4 is 10.2 Å². The first-order chi connectivity index (χ1) is 14.1. The number of urea groups is 1. The molecule has 0 radical (unpaired) electrons. The van der Waals surface area contributed by atoms with Gasteiger partial charge in [-0.05, 0) is 42.7 Å². The van der Waals surface area contributed by atoms with Crippen LogP contribution in [-0.2, 0) is 6.54 Å². The highest BCUT2D eigenvalue weighted by molar-refractivity contribution is 5.89. The Kier molecular flexibility index (Phi) is 5.89. The number of hydrogen-bond donors (Lipinski definition) is 1. The zero-order chi connectivity index (χ0) is 20.2. The number of piperazine rings is 1. The molecule has 0 atom stereocenters. The van der Waals surface area contributed by atoms with Crippen molar-refractivity contribution in [3.63, 3.8) is 0 Å². The van der Waals surface area contributed by atoms with E-state index in [2.05, 4.69) is 15.2 Å². The molecule has 0 spiro atoms. The van der Waals surface area contributed by atoms with E-state index in [1.54, 1.807) is 22.2 Å². The Morgan fingerprint density at radius 2 is 1.59 bits per heavy atom. The molecule has 2 saturated heterocycles. The number of carbonyl (C=O) groups excluding carboxylic acids is 1. The van der Waals surface area contributed by atoms with E-state index in [4.69, 9.17) is 0 Å². The summed E-state index contributed by atoms with van der Waals surface area (Å²) in [4.78, 5) is 22.2. The van der Waals surface area contributed by atoms with Crippen LogP contribution in [0.1, 0.15) is 18.4 Å². The van der Waals surface area contributed by atoms with E-state index < -0.39 is 11.6 Å². The van der Waals surface area contributed by atoms with Crippen molar-refractivity contribution in [2.75, 3.05) is 49.5 Å². The molecule has 1 aromatic carbocycles. The lowest BCUT2D eigenvalue weighted by Crippen LogP contribution is -2.49. The highest BCUT2D eigenvalue weighted by Crippen LogP contribution is 2.29. The number of hydrogen-bond acceptors (Lipinski definition) is 4. The minimum Gasteiger partial charge on any atom is -0.367 e. The molecular weight excluding hydrogens is 376 g/mol. The molecule has 2 aromatic rings. The fraction of sp³-hybridized carbons (Fsp3) is 0.429. The van der Waals surface area contributed by atoms with Crippen LogP contribution in [0.25, 0.3) is 0 Å². The van der Waals surface area contributed by atoms with Gasteiger partial charge < -0.3 is 15.1 Å². The van der Waals surface area contributed by atoms with Crippen LogP contribution in [-0.4, -0.2) is 60.1 Å². The lowest BCUT2D eigenvalue weighted by molar-refractivity contribution is 0.143. The average molecular weight is 401 g/mol. The fourth-order valence-electron chi connectivity index (χ4n) is 3.94. The second kappa shape index (κ2) is 8.73. The Bertz CT molecular complexity index is 826. The topological polar surface area (TPSA) is 51.7 Å². The van der Waals surface area contributed by atoms with Crippen molar-refractivity contribution in [1.82, 2.24) is 14.8 Å². The third-order valence-corrected chi connectivity index (χ3v) is 5.51. The van der Waals surface area contributed by atoms with Gasteiger partial charge in [-0.2, -0.15) is 0 Å². The maximum Gasteiger partial charge on any atom is 0.321 e. The molecule has 0 saturated carbocycles. The summed E-state index contributed by atoms with van der Waals surface area (Å²) in [7, 11) is 0. The predicted molar refractivity (Wildman–Crippen MR) is 108 cm³/mol. The van der Waals surface area contributed by atoms with Gasteiger partial charge in [0.2, 0.25) is 0 Å². The summed E-state index contributed by atoms with van der Waals surface area (Å²) in [6.07, 6.45) is 5.41. The van der Waals surface area contributed by atoms with E-state index in [9.17, 15) is 13.6 Å². The Balaban J connectivity index is 1.33. The molecule has 0 bridgehead atoms. The lowest BCUT2D eigenvalue weighted by Gasteiger charge is -2.34. The second-order valence-electron chi connectivity index (χ2n) is 7.53. The van der Waals surface area contributed by atoms with E-state index >= 15 is 0 Å². The van der Waals surface area contributed by atoms with Crippen molar-refractivity contribution in [3.8, 4) is 0 Å². The molecule has 6 nitrogen and oxygen atoms in total. The van der Waals surface area contributed by atoms with Crippen LogP contribution in [0.4, 0.5) is 25.0 Å². The van der Waals surface area contributed by atoms with Crippen LogP contribution in [0.3, 0.4) is 0 Å². The van der Waals surface area contributed by atoms with Gasteiger partial charge in [0, 0.05) is 63.9 Å². The number of rotatable bonds is 4. The first-order valence-corrected chi connectivity index (χ1v) is 10.0. The minimum atomic E-state index is -0.635. The third-order valence-electron chi connectivity index (χ3n) is 5.51. The quantitative estimate of drug-likeness (QED) is 0.854. The van der Waals surface area contributed by atoms with Crippen LogP contribution >= 0.6 is 0 Å². The molecule has 29 heavy (non-hydrogen) atoms. The summed E-state index contributed by atoms with van der Waals surface area (Å²) in [5, 5.41) is 2.64. The van der Waals surface area contributed by atoms with Crippen LogP contribution in [0, 0.1) is 11.6 Å². The van der Waals surface area contributed by atoms with Gasteiger partial charge in [0.1, 0.15) is 5.69 Å². The second-order valence-corrected chi connectivity index (χ2v) is 7.53. The van der Waals surface area contributed by atoms with Gasteiger partial charge in [0.25, 0.3) is 0 Å². The van der Waals surface area contributed by atoms with Crippen molar-refractivity contribution in [3.05, 3.63) is 53.9 Å². The molecule has 0 unspecified atom stereocenters. The molecule has 2 aliphatic heterocycles. The van der Waals surface area contributed by atoms with Gasteiger partial charge >= 0.3 is 6.03 Å². The number of amides is 2. The number of nitrogens with zero attached hydrogens (tertiary/aromatic N) is 4. The van der Waals surface area contributed by atoms with Gasteiger partial charge in [-0.3, -0.25) is 9.88 Å². The van der Waals surface area contributed by atoms with Crippen molar-refractivity contribution in [1.29, 1.82) is 0 Å². The first-order valence-electron chi connectivity index (χ1n) is 10.0. The molecule has 154 valence electrons. The highest BCUT2D eigenvalue weighted by atomic mass is 19.1. The number of aromatic nitrogens is 1. The van der Waals surface area contributed by atoms with E-state index in [0.717, 1.165) is 32.5 Å². The van der Waals surface area contributed by atoms with Crippen LogP contribution in [0.5, 0.6) is 0 Å². The van der Waals surface area contributed by atoms with Crippen molar-refractivity contribution in [2.24, 2.45) is 0 Å². The van der Waals surface area contributed by atoms with Crippen LogP contribution in [0.2, 0.25) is 0 Å². The number of benzene rings is 1. The molecule has 0 aliphatic carbocycles. The normalized spacial score (nSPS) is 17.6. The summed E-state index contributed by atoms with van der Waals surface area (Å²) in [5.74, 6) is -1.27. The molecule has 3 heterocycles. The minimum absolute atomic E-state index is 0.00484. The predicted octanol–water partition coefficient (Wildman–Crippen LogP) is 3.31. The molecule has 2 aliphatic rings. The molecule has 1 N–H and O–H groups in total. The van der Waals surface area contributed by atoms with Crippen molar-refractivity contribution in [2.45, 2.75) is 19.4 Å². The average Bonchev–Trinajstić information content (AvgIpc) is 3.23.